The Kier molecular flexibility index (Phi) is 2.86. The largest absolute Gasteiger partial charge is 0.481 e. The van der Waals surface area contributed by atoms with Crippen molar-refractivity contribution in [3.63, 3.8) is 0 Å². The van der Waals surface area contributed by atoms with Gasteiger partial charge >= 0.3 is 0 Å². The van der Waals surface area contributed by atoms with Gasteiger partial charge in [0.25, 0.3) is 0 Å². The van der Waals surface area contributed by atoms with Gasteiger partial charge in [-0.05, 0) is 23.6 Å². The van der Waals surface area contributed by atoms with Crippen molar-refractivity contribution in [2.24, 2.45) is 0 Å². The Morgan fingerprint density at radius 1 is 1.38 bits per heavy atom. The van der Waals surface area contributed by atoms with Crippen LogP contribution in [0, 0.1) is 0 Å². The van der Waals surface area contributed by atoms with Crippen LogP contribution in [0.3, 0.4) is 0 Å². The van der Waals surface area contributed by atoms with E-state index in [-0.39, 0.29) is 5.78 Å². The van der Waals surface area contributed by atoms with Gasteiger partial charge in [-0.2, -0.15) is 0 Å². The maximum absolute atomic E-state index is 11.6. The molecule has 0 unspecified atom stereocenters. The molecule has 0 N–H and O–H groups in total. The molecular weight excluding hydrogens is 202 g/mol. The lowest BCUT2D eigenvalue weighted by Crippen LogP contribution is -1.96. The van der Waals surface area contributed by atoms with Crippen molar-refractivity contribution in [3.8, 4) is 5.88 Å². The number of hydrogen-bond donors (Lipinski definition) is 0. The Balaban J connectivity index is 2.59. The second-order valence-electron chi connectivity index (χ2n) is 3.53. The fourth-order valence-corrected chi connectivity index (χ4v) is 1.69. The van der Waals surface area contributed by atoms with Crippen molar-refractivity contribution in [2.75, 3.05) is 7.11 Å². The molecule has 0 saturated carbocycles. The zero-order valence-corrected chi connectivity index (χ0v) is 9.36. The van der Waals surface area contributed by atoms with Gasteiger partial charge < -0.3 is 4.74 Å². The number of aromatic nitrogens is 1. The summed E-state index contributed by atoms with van der Waals surface area (Å²) in [4.78, 5) is 15.7. The van der Waals surface area contributed by atoms with E-state index < -0.39 is 0 Å². The normalized spacial score (nSPS) is 10.4. The minimum absolute atomic E-state index is 0.151. The molecule has 3 heteroatoms. The van der Waals surface area contributed by atoms with E-state index >= 15 is 0 Å². The van der Waals surface area contributed by atoms with E-state index in [0.717, 1.165) is 16.3 Å². The number of hydrogen-bond acceptors (Lipinski definition) is 3. The topological polar surface area (TPSA) is 39.2 Å². The first-order valence-electron chi connectivity index (χ1n) is 5.22. The van der Waals surface area contributed by atoms with Gasteiger partial charge in [-0.25, -0.2) is 4.98 Å². The predicted octanol–water partition coefficient (Wildman–Crippen LogP) is 2.84. The average Bonchev–Trinajstić information content (AvgIpc) is 2.36. The van der Waals surface area contributed by atoms with Gasteiger partial charge in [-0.1, -0.05) is 13.0 Å². The summed E-state index contributed by atoms with van der Waals surface area (Å²) >= 11 is 0. The van der Waals surface area contributed by atoms with Crippen LogP contribution in [-0.2, 0) is 0 Å². The highest BCUT2D eigenvalue weighted by Crippen LogP contribution is 2.23. The van der Waals surface area contributed by atoms with E-state index in [1.165, 1.54) is 0 Å². The number of ketones is 1. The number of pyridine rings is 1. The molecule has 0 atom stereocenters. The average molecular weight is 215 g/mol. The van der Waals surface area contributed by atoms with Gasteiger partial charge in [-0.15, -0.1) is 0 Å². The molecule has 0 fully saturated rings. The third kappa shape index (κ3) is 1.76. The third-order valence-electron chi connectivity index (χ3n) is 2.56. The number of carbonyl (C=O) groups is 1. The third-order valence-corrected chi connectivity index (χ3v) is 2.56. The molecular formula is C13H13NO2. The molecule has 1 aromatic carbocycles. The summed E-state index contributed by atoms with van der Waals surface area (Å²) in [6.45, 7) is 1.86. The van der Waals surface area contributed by atoms with E-state index in [2.05, 4.69) is 4.98 Å². The number of rotatable bonds is 3. The molecule has 3 nitrogen and oxygen atoms in total. The molecule has 82 valence electrons. The fourth-order valence-electron chi connectivity index (χ4n) is 1.69. The number of ether oxygens (including phenoxy) is 1. The van der Waals surface area contributed by atoms with Crippen molar-refractivity contribution in [1.82, 2.24) is 4.98 Å². The fraction of sp³-hybridized carbons (Fsp3) is 0.231. The van der Waals surface area contributed by atoms with Gasteiger partial charge in [0.2, 0.25) is 5.88 Å². The molecule has 1 aromatic heterocycles. The second-order valence-corrected chi connectivity index (χ2v) is 3.53. The molecule has 0 aliphatic carbocycles. The minimum Gasteiger partial charge on any atom is -0.481 e. The lowest BCUT2D eigenvalue weighted by molar-refractivity contribution is 0.0988. The number of methoxy groups -OCH3 is 1. The van der Waals surface area contributed by atoms with Gasteiger partial charge in [0.1, 0.15) is 0 Å². The number of nitrogens with zero attached hydrogens (tertiary/aromatic N) is 1. The van der Waals surface area contributed by atoms with Crippen LogP contribution in [0.25, 0.3) is 10.8 Å². The van der Waals surface area contributed by atoms with Crippen LogP contribution >= 0.6 is 0 Å². The summed E-state index contributed by atoms with van der Waals surface area (Å²) < 4.78 is 5.16. The zero-order valence-electron chi connectivity index (χ0n) is 9.36. The highest BCUT2D eigenvalue weighted by atomic mass is 16.5. The maximum Gasteiger partial charge on any atom is 0.221 e. The quantitative estimate of drug-likeness (QED) is 0.739. The molecule has 0 spiro atoms. The lowest BCUT2D eigenvalue weighted by Gasteiger charge is -2.05. The van der Waals surface area contributed by atoms with Crippen molar-refractivity contribution >= 4 is 16.6 Å². The summed E-state index contributed by atoms with van der Waals surface area (Å²) in [6.07, 6.45) is 2.20. The van der Waals surface area contributed by atoms with Gasteiger partial charge in [-0.3, -0.25) is 4.79 Å². The zero-order chi connectivity index (χ0) is 11.5. The molecule has 0 aliphatic rings. The molecule has 2 rings (SSSR count). The Morgan fingerprint density at radius 3 is 2.88 bits per heavy atom. The summed E-state index contributed by atoms with van der Waals surface area (Å²) in [5, 5.41) is 1.91. The Labute approximate surface area is 94.1 Å². The van der Waals surface area contributed by atoms with Crippen LogP contribution in [0.2, 0.25) is 0 Å². The van der Waals surface area contributed by atoms with E-state index in [4.69, 9.17) is 4.74 Å². The molecule has 0 aliphatic heterocycles. The first-order valence-corrected chi connectivity index (χ1v) is 5.22. The molecule has 2 aromatic rings. The Morgan fingerprint density at radius 2 is 2.19 bits per heavy atom. The van der Waals surface area contributed by atoms with Crippen molar-refractivity contribution in [2.45, 2.75) is 13.3 Å². The van der Waals surface area contributed by atoms with Gasteiger partial charge in [0, 0.05) is 23.6 Å². The second kappa shape index (κ2) is 4.31. The summed E-state index contributed by atoms with van der Waals surface area (Å²) in [6, 6.07) is 7.46. The van der Waals surface area contributed by atoms with Crippen molar-refractivity contribution in [1.29, 1.82) is 0 Å². The minimum atomic E-state index is 0.151. The molecule has 1 heterocycles. The van der Waals surface area contributed by atoms with Crippen LogP contribution in [0.5, 0.6) is 5.88 Å². The monoisotopic (exact) mass is 215 g/mol. The standard InChI is InChI=1S/C13H13NO2/c1-3-12(15)10-4-5-11-9(8-10)6-7-14-13(11)16-2/h4-8H,3H2,1-2H3. The van der Waals surface area contributed by atoms with Gasteiger partial charge in [0.05, 0.1) is 7.11 Å². The van der Waals surface area contributed by atoms with Crippen molar-refractivity contribution < 1.29 is 9.53 Å². The highest BCUT2D eigenvalue weighted by molar-refractivity contribution is 6.00. The first-order chi connectivity index (χ1) is 7.76. The number of carbonyl (C=O) groups excluding carboxylic acids is 1. The first kappa shape index (κ1) is 10.6. The van der Waals surface area contributed by atoms with Crippen LogP contribution in [0.15, 0.2) is 30.5 Å². The number of benzene rings is 1. The van der Waals surface area contributed by atoms with Crippen LogP contribution in [0.4, 0.5) is 0 Å². The van der Waals surface area contributed by atoms with Crippen LogP contribution < -0.4 is 4.74 Å². The highest BCUT2D eigenvalue weighted by Gasteiger charge is 2.06. The lowest BCUT2D eigenvalue weighted by atomic mass is 10.0. The maximum atomic E-state index is 11.6. The van der Waals surface area contributed by atoms with E-state index in [0.29, 0.717) is 12.3 Å². The number of fused-ring (bicyclic) bond motifs is 1. The number of Topliss-reactive ketones (excluding diaryl/α,β-unsaturated/α-hetero) is 1. The van der Waals surface area contributed by atoms with Crippen molar-refractivity contribution in [3.05, 3.63) is 36.0 Å². The summed E-state index contributed by atoms with van der Waals surface area (Å²) in [7, 11) is 1.59. The Bertz CT molecular complexity index is 534. The predicted molar refractivity (Wildman–Crippen MR) is 62.9 cm³/mol. The van der Waals surface area contributed by atoms with Crippen LogP contribution in [-0.4, -0.2) is 17.9 Å². The summed E-state index contributed by atoms with van der Waals surface area (Å²) in [5.41, 5.74) is 0.739. The van der Waals surface area contributed by atoms with Crippen LogP contribution in [0.1, 0.15) is 23.7 Å². The molecule has 0 saturated heterocycles. The van der Waals surface area contributed by atoms with E-state index in [1.807, 2.05) is 31.2 Å². The molecule has 16 heavy (non-hydrogen) atoms. The smallest absolute Gasteiger partial charge is 0.221 e. The van der Waals surface area contributed by atoms with E-state index in [9.17, 15) is 4.79 Å². The Hall–Kier alpha value is -1.90. The molecule has 0 amide bonds. The van der Waals surface area contributed by atoms with Gasteiger partial charge in [0.15, 0.2) is 5.78 Å². The van der Waals surface area contributed by atoms with E-state index in [1.54, 1.807) is 13.3 Å². The summed E-state index contributed by atoms with van der Waals surface area (Å²) in [5.74, 6) is 0.741. The SMILES string of the molecule is CCC(=O)c1ccc2c(OC)nccc2c1. The molecule has 0 bridgehead atoms. The molecule has 0 radical (unpaired) electrons.